The van der Waals surface area contributed by atoms with E-state index >= 15 is 0 Å². The maximum atomic E-state index is 12.3. The van der Waals surface area contributed by atoms with Crippen molar-refractivity contribution in [3.63, 3.8) is 0 Å². The number of halogens is 2. The molecule has 0 fully saturated rings. The van der Waals surface area contributed by atoms with Crippen molar-refractivity contribution < 1.29 is 9.59 Å². The highest BCUT2D eigenvalue weighted by atomic mass is 35.5. The predicted molar refractivity (Wildman–Crippen MR) is 113 cm³/mol. The van der Waals surface area contributed by atoms with Crippen LogP contribution in [-0.4, -0.2) is 42.5 Å². The Morgan fingerprint density at radius 2 is 2.03 bits per heavy atom. The lowest BCUT2D eigenvalue weighted by Crippen LogP contribution is -2.24. The van der Waals surface area contributed by atoms with Gasteiger partial charge in [0.25, 0.3) is 5.91 Å². The SMILES string of the molecule is CCn1c(CNC(=O)c2ccc(Cl)c(Cl)c2)nnc1SCC(=O)Nc1nncs1. The molecule has 3 rings (SSSR count). The molecule has 0 saturated heterocycles. The van der Waals surface area contributed by atoms with Crippen LogP contribution in [0, 0.1) is 0 Å². The maximum Gasteiger partial charge on any atom is 0.251 e. The monoisotopic (exact) mass is 471 g/mol. The number of thioether (sulfide) groups is 1. The van der Waals surface area contributed by atoms with Crippen molar-refractivity contribution in [1.82, 2.24) is 30.3 Å². The number of nitrogens with zero attached hydrogens (tertiary/aromatic N) is 5. The van der Waals surface area contributed by atoms with Gasteiger partial charge in [-0.1, -0.05) is 46.3 Å². The Morgan fingerprint density at radius 1 is 1.21 bits per heavy atom. The summed E-state index contributed by atoms with van der Waals surface area (Å²) in [6, 6.07) is 4.66. The van der Waals surface area contributed by atoms with E-state index in [4.69, 9.17) is 23.2 Å². The Hall–Kier alpha value is -2.21. The lowest BCUT2D eigenvalue weighted by Gasteiger charge is -2.09. The Morgan fingerprint density at radius 3 is 2.72 bits per heavy atom. The molecule has 0 aliphatic rings. The first-order chi connectivity index (χ1) is 14.0. The molecule has 0 unspecified atom stereocenters. The zero-order chi connectivity index (χ0) is 20.8. The van der Waals surface area contributed by atoms with Crippen LogP contribution in [0.25, 0.3) is 0 Å². The van der Waals surface area contributed by atoms with Crippen molar-refractivity contribution in [3.05, 3.63) is 45.1 Å². The van der Waals surface area contributed by atoms with Crippen molar-refractivity contribution >= 4 is 63.2 Å². The van der Waals surface area contributed by atoms with Crippen LogP contribution in [-0.2, 0) is 17.9 Å². The molecule has 0 spiro atoms. The smallest absolute Gasteiger partial charge is 0.251 e. The molecule has 2 N–H and O–H groups in total. The third-order valence-corrected chi connectivity index (χ3v) is 5.95. The van der Waals surface area contributed by atoms with Gasteiger partial charge in [0.2, 0.25) is 11.0 Å². The number of carbonyl (C=O) groups excluding carboxylic acids is 2. The number of rotatable bonds is 8. The molecular formula is C16H15Cl2N7O2S2. The summed E-state index contributed by atoms with van der Waals surface area (Å²) in [6.07, 6.45) is 0. The largest absolute Gasteiger partial charge is 0.345 e. The number of hydrogen-bond donors (Lipinski definition) is 2. The molecule has 13 heteroatoms. The first kappa shape index (κ1) is 21.5. The fourth-order valence-electron chi connectivity index (χ4n) is 2.29. The summed E-state index contributed by atoms with van der Waals surface area (Å²) in [5, 5.41) is 22.8. The van der Waals surface area contributed by atoms with Crippen LogP contribution in [0.15, 0.2) is 28.9 Å². The topological polar surface area (TPSA) is 115 Å². The number of anilines is 1. The molecule has 9 nitrogen and oxygen atoms in total. The summed E-state index contributed by atoms with van der Waals surface area (Å²) in [5.74, 6) is 0.201. The number of carbonyl (C=O) groups is 2. The first-order valence-corrected chi connectivity index (χ1v) is 10.9. The molecule has 2 aromatic heterocycles. The Bertz CT molecular complexity index is 1010. The Balaban J connectivity index is 1.57. The van der Waals surface area contributed by atoms with E-state index in [1.54, 1.807) is 12.1 Å². The van der Waals surface area contributed by atoms with E-state index in [-0.39, 0.29) is 24.1 Å². The highest BCUT2D eigenvalue weighted by Gasteiger charge is 2.15. The number of benzene rings is 1. The molecule has 0 radical (unpaired) electrons. The molecule has 29 heavy (non-hydrogen) atoms. The van der Waals surface area contributed by atoms with Gasteiger partial charge in [-0.25, -0.2) is 0 Å². The lowest BCUT2D eigenvalue weighted by atomic mass is 10.2. The second-order valence-electron chi connectivity index (χ2n) is 5.54. The molecule has 2 heterocycles. The number of amides is 2. The van der Waals surface area contributed by atoms with Gasteiger partial charge in [-0.3, -0.25) is 14.9 Å². The van der Waals surface area contributed by atoms with E-state index in [0.717, 1.165) is 0 Å². The predicted octanol–water partition coefficient (Wildman–Crippen LogP) is 3.12. The molecule has 0 bridgehead atoms. The third-order valence-electron chi connectivity index (χ3n) is 3.64. The summed E-state index contributed by atoms with van der Waals surface area (Å²) in [4.78, 5) is 24.3. The van der Waals surface area contributed by atoms with Crippen LogP contribution >= 0.6 is 46.3 Å². The van der Waals surface area contributed by atoms with Gasteiger partial charge in [0.1, 0.15) is 5.51 Å². The van der Waals surface area contributed by atoms with Crippen LogP contribution in [0.3, 0.4) is 0 Å². The zero-order valence-electron chi connectivity index (χ0n) is 15.1. The van der Waals surface area contributed by atoms with Crippen molar-refractivity contribution in [3.8, 4) is 0 Å². The van der Waals surface area contributed by atoms with E-state index in [1.165, 1.54) is 34.7 Å². The quantitative estimate of drug-likeness (QED) is 0.484. The van der Waals surface area contributed by atoms with Crippen molar-refractivity contribution in [2.75, 3.05) is 11.1 Å². The van der Waals surface area contributed by atoms with Crippen LogP contribution in [0.4, 0.5) is 5.13 Å². The van der Waals surface area contributed by atoms with Crippen LogP contribution in [0.1, 0.15) is 23.1 Å². The average Bonchev–Trinajstić information content (AvgIpc) is 3.35. The van der Waals surface area contributed by atoms with E-state index in [9.17, 15) is 9.59 Å². The molecule has 1 aromatic carbocycles. The maximum absolute atomic E-state index is 12.3. The summed E-state index contributed by atoms with van der Waals surface area (Å²) >= 11 is 14.3. The Labute approximate surface area is 184 Å². The second-order valence-corrected chi connectivity index (χ2v) is 8.13. The molecule has 0 atom stereocenters. The molecule has 0 aliphatic carbocycles. The van der Waals surface area contributed by atoms with E-state index < -0.39 is 0 Å². The second kappa shape index (κ2) is 10.0. The molecule has 152 valence electrons. The highest BCUT2D eigenvalue weighted by molar-refractivity contribution is 7.99. The molecule has 3 aromatic rings. The minimum absolute atomic E-state index is 0.146. The number of aromatic nitrogens is 5. The van der Waals surface area contributed by atoms with Crippen molar-refractivity contribution in [2.24, 2.45) is 0 Å². The molecular weight excluding hydrogens is 457 g/mol. The standard InChI is InChI=1S/C16H15Cl2N7O2S2/c1-2-25-12(6-19-14(27)9-3-4-10(17)11(18)5-9)22-24-16(25)28-7-13(26)21-15-23-20-8-29-15/h3-5,8H,2,6-7H2,1H3,(H,19,27)(H,21,23,26). The van der Waals surface area contributed by atoms with Crippen molar-refractivity contribution in [2.45, 2.75) is 25.2 Å². The van der Waals surface area contributed by atoms with Gasteiger partial charge in [-0.2, -0.15) is 0 Å². The van der Waals surface area contributed by atoms with Crippen LogP contribution in [0.5, 0.6) is 0 Å². The van der Waals surface area contributed by atoms with Gasteiger partial charge < -0.3 is 9.88 Å². The van der Waals surface area contributed by atoms with Crippen LogP contribution < -0.4 is 10.6 Å². The number of nitrogens with one attached hydrogen (secondary N) is 2. The minimum Gasteiger partial charge on any atom is -0.345 e. The van der Waals surface area contributed by atoms with Gasteiger partial charge in [0.15, 0.2) is 11.0 Å². The van der Waals surface area contributed by atoms with Gasteiger partial charge in [-0.15, -0.1) is 20.4 Å². The zero-order valence-corrected chi connectivity index (χ0v) is 18.2. The van der Waals surface area contributed by atoms with E-state index in [2.05, 4.69) is 31.0 Å². The van der Waals surface area contributed by atoms with E-state index in [0.29, 0.717) is 38.3 Å². The molecule has 0 saturated carbocycles. The lowest BCUT2D eigenvalue weighted by molar-refractivity contribution is -0.113. The fourth-order valence-corrected chi connectivity index (χ4v) is 3.87. The van der Waals surface area contributed by atoms with Gasteiger partial charge in [0, 0.05) is 12.1 Å². The third kappa shape index (κ3) is 5.66. The highest BCUT2D eigenvalue weighted by Crippen LogP contribution is 2.22. The van der Waals surface area contributed by atoms with Gasteiger partial charge in [0.05, 0.1) is 22.3 Å². The average molecular weight is 472 g/mol. The van der Waals surface area contributed by atoms with Crippen LogP contribution in [0.2, 0.25) is 10.0 Å². The molecule has 0 aliphatic heterocycles. The van der Waals surface area contributed by atoms with E-state index in [1.807, 2.05) is 11.5 Å². The summed E-state index contributed by atoms with van der Waals surface area (Å²) in [5.41, 5.74) is 1.93. The van der Waals surface area contributed by atoms with Gasteiger partial charge >= 0.3 is 0 Å². The first-order valence-electron chi connectivity index (χ1n) is 8.32. The normalized spacial score (nSPS) is 10.7. The summed E-state index contributed by atoms with van der Waals surface area (Å²) in [7, 11) is 0. The number of hydrogen-bond acceptors (Lipinski definition) is 8. The van der Waals surface area contributed by atoms with Crippen molar-refractivity contribution in [1.29, 1.82) is 0 Å². The summed E-state index contributed by atoms with van der Waals surface area (Å²) < 4.78 is 1.83. The molecule has 2 amide bonds. The summed E-state index contributed by atoms with van der Waals surface area (Å²) in [6.45, 7) is 2.70. The fraction of sp³-hybridized carbons (Fsp3) is 0.250. The Kier molecular flexibility index (Phi) is 7.42. The minimum atomic E-state index is -0.306. The van der Waals surface area contributed by atoms with Gasteiger partial charge in [-0.05, 0) is 25.1 Å².